The fourth-order valence-corrected chi connectivity index (χ4v) is 2.64. The molecule has 6 nitrogen and oxygen atoms in total. The molecule has 1 aromatic carbocycles. The summed E-state index contributed by atoms with van der Waals surface area (Å²) in [6.45, 7) is 0.779. The molecule has 1 unspecified atom stereocenters. The van der Waals surface area contributed by atoms with Gasteiger partial charge in [0.05, 0.1) is 19.2 Å². The molecule has 26 heavy (non-hydrogen) atoms. The Bertz CT molecular complexity index is 764. The standard InChI is InChI=1S/C17H16F3N3O3/c1-25-14-6-7-15(22-21-14)26-13-8-9-23(10-13)16(24)11-2-4-12(5-3-11)17(18,19)20/h2-7,13H,8-10H2,1H3. The molecule has 1 atom stereocenters. The summed E-state index contributed by atoms with van der Waals surface area (Å²) in [5.41, 5.74) is -0.572. The number of rotatable bonds is 4. The molecule has 138 valence electrons. The zero-order valence-electron chi connectivity index (χ0n) is 13.9. The zero-order valence-corrected chi connectivity index (χ0v) is 13.9. The molecule has 1 fully saturated rings. The van der Waals surface area contributed by atoms with Gasteiger partial charge in [0, 0.05) is 30.7 Å². The van der Waals surface area contributed by atoms with Crippen LogP contribution in [0.25, 0.3) is 0 Å². The van der Waals surface area contributed by atoms with Crippen LogP contribution in [-0.4, -0.2) is 47.3 Å². The number of carbonyl (C=O) groups is 1. The van der Waals surface area contributed by atoms with Crippen molar-refractivity contribution in [2.75, 3.05) is 20.2 Å². The van der Waals surface area contributed by atoms with Crippen molar-refractivity contribution in [2.45, 2.75) is 18.7 Å². The van der Waals surface area contributed by atoms with E-state index in [0.717, 1.165) is 12.1 Å². The van der Waals surface area contributed by atoms with Crippen molar-refractivity contribution in [3.05, 3.63) is 47.5 Å². The SMILES string of the molecule is COc1ccc(OC2CCN(C(=O)c3ccc(C(F)(F)F)cc3)C2)nn1. The number of hydrogen-bond donors (Lipinski definition) is 0. The van der Waals surface area contributed by atoms with E-state index >= 15 is 0 Å². The molecule has 1 aliphatic rings. The number of methoxy groups -OCH3 is 1. The minimum Gasteiger partial charge on any atom is -0.480 e. The number of halogens is 3. The van der Waals surface area contributed by atoms with Crippen molar-refractivity contribution in [3.63, 3.8) is 0 Å². The number of hydrogen-bond acceptors (Lipinski definition) is 5. The molecule has 3 rings (SSSR count). The van der Waals surface area contributed by atoms with E-state index in [2.05, 4.69) is 10.2 Å². The van der Waals surface area contributed by atoms with E-state index in [1.165, 1.54) is 19.2 Å². The van der Waals surface area contributed by atoms with Crippen LogP contribution >= 0.6 is 0 Å². The smallest absolute Gasteiger partial charge is 0.416 e. The van der Waals surface area contributed by atoms with Gasteiger partial charge in [-0.15, -0.1) is 10.2 Å². The molecule has 0 N–H and O–H groups in total. The van der Waals surface area contributed by atoms with Crippen LogP contribution in [0.15, 0.2) is 36.4 Å². The average molecular weight is 367 g/mol. The predicted molar refractivity (Wildman–Crippen MR) is 85.0 cm³/mol. The fraction of sp³-hybridized carbons (Fsp3) is 0.353. The van der Waals surface area contributed by atoms with Gasteiger partial charge in [-0.1, -0.05) is 0 Å². The van der Waals surface area contributed by atoms with Gasteiger partial charge >= 0.3 is 6.18 Å². The Kier molecular flexibility index (Phi) is 4.97. The van der Waals surface area contributed by atoms with Crippen molar-refractivity contribution < 1.29 is 27.4 Å². The summed E-state index contributed by atoms with van der Waals surface area (Å²) in [6.07, 6.45) is -4.08. The number of ether oxygens (including phenoxy) is 2. The molecular weight excluding hydrogens is 351 g/mol. The highest BCUT2D eigenvalue weighted by Crippen LogP contribution is 2.29. The van der Waals surface area contributed by atoms with Crippen LogP contribution in [0, 0.1) is 0 Å². The largest absolute Gasteiger partial charge is 0.480 e. The number of carbonyl (C=O) groups excluding carboxylic acids is 1. The first-order chi connectivity index (χ1) is 12.4. The second-order valence-electron chi connectivity index (χ2n) is 5.77. The van der Waals surface area contributed by atoms with Crippen LogP contribution in [0.5, 0.6) is 11.8 Å². The summed E-state index contributed by atoms with van der Waals surface area (Å²) in [5, 5.41) is 7.67. The van der Waals surface area contributed by atoms with E-state index in [1.807, 2.05) is 0 Å². The van der Waals surface area contributed by atoms with Crippen molar-refractivity contribution in [1.29, 1.82) is 0 Å². The molecule has 0 saturated carbocycles. The molecular formula is C17H16F3N3O3. The van der Waals surface area contributed by atoms with Gasteiger partial charge in [-0.3, -0.25) is 4.79 Å². The fourth-order valence-electron chi connectivity index (χ4n) is 2.64. The van der Waals surface area contributed by atoms with Crippen molar-refractivity contribution in [3.8, 4) is 11.8 Å². The molecule has 2 aromatic rings. The molecule has 9 heteroatoms. The Hall–Kier alpha value is -2.84. The van der Waals surface area contributed by atoms with Crippen LogP contribution in [0.4, 0.5) is 13.2 Å². The summed E-state index contributed by atoms with van der Waals surface area (Å²) in [6, 6.07) is 7.42. The van der Waals surface area contributed by atoms with Crippen molar-refractivity contribution in [2.24, 2.45) is 0 Å². The van der Waals surface area contributed by atoms with Gasteiger partial charge in [-0.25, -0.2) is 0 Å². The second-order valence-corrected chi connectivity index (χ2v) is 5.77. The highest BCUT2D eigenvalue weighted by Gasteiger charge is 2.32. The van der Waals surface area contributed by atoms with E-state index in [4.69, 9.17) is 9.47 Å². The number of aromatic nitrogens is 2. The Labute approximate surface area is 147 Å². The van der Waals surface area contributed by atoms with Gasteiger partial charge < -0.3 is 14.4 Å². The molecule has 2 heterocycles. The maximum absolute atomic E-state index is 12.6. The van der Waals surface area contributed by atoms with E-state index in [0.29, 0.717) is 31.3 Å². The topological polar surface area (TPSA) is 64.6 Å². The van der Waals surface area contributed by atoms with Gasteiger partial charge in [-0.05, 0) is 24.3 Å². The van der Waals surface area contributed by atoms with Gasteiger partial charge in [0.15, 0.2) is 0 Å². The normalized spacial score (nSPS) is 17.2. The molecule has 0 bridgehead atoms. The third-order valence-electron chi connectivity index (χ3n) is 4.00. The molecule has 1 saturated heterocycles. The molecule has 0 aliphatic carbocycles. The second kappa shape index (κ2) is 7.19. The Balaban J connectivity index is 1.59. The minimum atomic E-state index is -4.42. The first-order valence-corrected chi connectivity index (χ1v) is 7.88. The number of alkyl halides is 3. The number of amides is 1. The minimum absolute atomic E-state index is 0.211. The average Bonchev–Trinajstić information content (AvgIpc) is 3.09. The van der Waals surface area contributed by atoms with Crippen LogP contribution in [0.3, 0.4) is 0 Å². The summed E-state index contributed by atoms with van der Waals surface area (Å²) in [4.78, 5) is 14.0. The van der Waals surface area contributed by atoms with E-state index in [1.54, 1.807) is 17.0 Å². The molecule has 0 radical (unpaired) electrons. The quantitative estimate of drug-likeness (QED) is 0.832. The maximum Gasteiger partial charge on any atom is 0.416 e. The lowest BCUT2D eigenvalue weighted by atomic mass is 10.1. The monoisotopic (exact) mass is 367 g/mol. The molecule has 1 amide bonds. The lowest BCUT2D eigenvalue weighted by Crippen LogP contribution is -2.31. The molecule has 0 spiro atoms. The summed E-state index contributed by atoms with van der Waals surface area (Å²) in [5.74, 6) is 0.355. The van der Waals surface area contributed by atoms with Gasteiger partial charge in [-0.2, -0.15) is 13.2 Å². The predicted octanol–water partition coefficient (Wildman–Crippen LogP) is 2.80. The molecule has 1 aromatic heterocycles. The lowest BCUT2D eigenvalue weighted by molar-refractivity contribution is -0.137. The highest BCUT2D eigenvalue weighted by molar-refractivity contribution is 5.94. The lowest BCUT2D eigenvalue weighted by Gasteiger charge is -2.17. The molecule has 1 aliphatic heterocycles. The Morgan fingerprint density at radius 3 is 2.35 bits per heavy atom. The maximum atomic E-state index is 12.6. The zero-order chi connectivity index (χ0) is 18.7. The number of likely N-dealkylation sites (tertiary alicyclic amines) is 1. The summed E-state index contributed by atoms with van der Waals surface area (Å²) >= 11 is 0. The Morgan fingerprint density at radius 1 is 1.12 bits per heavy atom. The summed E-state index contributed by atoms with van der Waals surface area (Å²) in [7, 11) is 1.48. The van der Waals surface area contributed by atoms with Crippen LogP contribution in [0.1, 0.15) is 22.3 Å². The number of benzene rings is 1. The van der Waals surface area contributed by atoms with Gasteiger partial charge in [0.2, 0.25) is 11.8 Å². The third kappa shape index (κ3) is 4.04. The van der Waals surface area contributed by atoms with E-state index in [9.17, 15) is 18.0 Å². The van der Waals surface area contributed by atoms with E-state index < -0.39 is 11.7 Å². The summed E-state index contributed by atoms with van der Waals surface area (Å²) < 4.78 is 48.4. The first kappa shape index (κ1) is 18.0. The van der Waals surface area contributed by atoms with Gasteiger partial charge in [0.1, 0.15) is 6.10 Å². The third-order valence-corrected chi connectivity index (χ3v) is 4.00. The highest BCUT2D eigenvalue weighted by atomic mass is 19.4. The van der Waals surface area contributed by atoms with Crippen LogP contribution in [-0.2, 0) is 6.18 Å². The van der Waals surface area contributed by atoms with Crippen molar-refractivity contribution >= 4 is 5.91 Å². The van der Waals surface area contributed by atoms with Crippen LogP contribution < -0.4 is 9.47 Å². The first-order valence-electron chi connectivity index (χ1n) is 7.88. The number of nitrogens with zero attached hydrogens (tertiary/aromatic N) is 3. The van der Waals surface area contributed by atoms with E-state index in [-0.39, 0.29) is 17.6 Å². The van der Waals surface area contributed by atoms with Crippen molar-refractivity contribution in [1.82, 2.24) is 15.1 Å². The Morgan fingerprint density at radius 2 is 1.77 bits per heavy atom. The van der Waals surface area contributed by atoms with Crippen LogP contribution in [0.2, 0.25) is 0 Å². The van der Waals surface area contributed by atoms with Gasteiger partial charge in [0.25, 0.3) is 5.91 Å².